The lowest BCUT2D eigenvalue weighted by atomic mass is 9.90. The van der Waals surface area contributed by atoms with E-state index in [0.717, 1.165) is 22.3 Å². The Balaban J connectivity index is 1.42. The van der Waals surface area contributed by atoms with E-state index in [1.807, 2.05) is 43.3 Å². The topological polar surface area (TPSA) is 95.9 Å². The van der Waals surface area contributed by atoms with E-state index in [1.54, 1.807) is 0 Å². The number of terminal acetylenes is 1. The van der Waals surface area contributed by atoms with Crippen molar-refractivity contribution in [2.75, 3.05) is 19.7 Å². The number of alkyl carbamates (subject to hydrolysis) is 1. The van der Waals surface area contributed by atoms with Crippen molar-refractivity contribution in [3.8, 4) is 23.5 Å². The Morgan fingerprint density at radius 1 is 1.12 bits per heavy atom. The lowest BCUT2D eigenvalue weighted by Gasteiger charge is -2.36. The van der Waals surface area contributed by atoms with Crippen LogP contribution >= 0.6 is 0 Å². The van der Waals surface area contributed by atoms with Crippen LogP contribution in [0.2, 0.25) is 0 Å². The highest BCUT2D eigenvalue weighted by Gasteiger charge is 2.35. The standard InChI is InChI=1S/C27H28N2O5/c1-3-8-24(25(30)29-14-17(2)13-18(15-29)26(31)32)28-27(33)34-16-23-21-11-6-4-9-19(21)20-10-5-7-12-22(20)23/h1,4-7,9-12,17-18,23-24H,8,13-16H2,2H3,(H,28,33)(H,31,32). The van der Waals surface area contributed by atoms with Gasteiger partial charge < -0.3 is 20.1 Å². The number of carbonyl (C=O) groups is 3. The Labute approximate surface area is 199 Å². The molecule has 7 nitrogen and oxygen atoms in total. The van der Waals surface area contributed by atoms with Gasteiger partial charge in [0.05, 0.1) is 5.92 Å². The van der Waals surface area contributed by atoms with E-state index in [9.17, 15) is 19.5 Å². The third kappa shape index (κ3) is 4.76. The predicted molar refractivity (Wildman–Crippen MR) is 127 cm³/mol. The molecule has 1 aliphatic carbocycles. The number of nitrogens with one attached hydrogen (secondary N) is 1. The van der Waals surface area contributed by atoms with Crippen LogP contribution in [0.1, 0.15) is 36.8 Å². The molecule has 0 aromatic heterocycles. The Morgan fingerprint density at radius 3 is 2.32 bits per heavy atom. The van der Waals surface area contributed by atoms with Gasteiger partial charge in [-0.15, -0.1) is 12.3 Å². The van der Waals surface area contributed by atoms with Gasteiger partial charge in [-0.05, 0) is 34.6 Å². The molecule has 3 atom stereocenters. The molecule has 2 aromatic rings. The Bertz CT molecular complexity index is 1090. The number of carboxylic acids is 1. The summed E-state index contributed by atoms with van der Waals surface area (Å²) in [5, 5.41) is 12.0. The van der Waals surface area contributed by atoms with E-state index >= 15 is 0 Å². The van der Waals surface area contributed by atoms with Gasteiger partial charge in [-0.3, -0.25) is 9.59 Å². The SMILES string of the molecule is C#CCC(NC(=O)OCC1c2ccccc2-c2ccccc21)C(=O)N1CC(C)CC(C(=O)O)C1. The van der Waals surface area contributed by atoms with Crippen LogP contribution in [0.15, 0.2) is 48.5 Å². The fraction of sp³-hybridized carbons (Fsp3) is 0.370. The molecule has 2 aliphatic rings. The fourth-order valence-corrected chi connectivity index (χ4v) is 5.03. The minimum Gasteiger partial charge on any atom is -0.481 e. The summed E-state index contributed by atoms with van der Waals surface area (Å²) in [7, 11) is 0. The van der Waals surface area contributed by atoms with Crippen molar-refractivity contribution in [2.24, 2.45) is 11.8 Å². The molecule has 7 heteroatoms. The molecule has 1 saturated heterocycles. The first kappa shape index (κ1) is 23.4. The van der Waals surface area contributed by atoms with Gasteiger partial charge in [-0.1, -0.05) is 55.5 Å². The Morgan fingerprint density at radius 2 is 1.74 bits per heavy atom. The second-order valence-electron chi connectivity index (χ2n) is 9.05. The first-order chi connectivity index (χ1) is 16.4. The van der Waals surface area contributed by atoms with Gasteiger partial charge in [-0.2, -0.15) is 0 Å². The Kier molecular flexibility index (Phi) is 6.87. The summed E-state index contributed by atoms with van der Waals surface area (Å²) >= 11 is 0. The number of likely N-dealkylation sites (tertiary alicyclic amines) is 1. The van der Waals surface area contributed by atoms with Crippen molar-refractivity contribution in [3.05, 3.63) is 59.7 Å². The molecule has 4 rings (SSSR count). The highest BCUT2D eigenvalue weighted by Crippen LogP contribution is 2.44. The molecule has 176 valence electrons. The monoisotopic (exact) mass is 460 g/mol. The summed E-state index contributed by atoms with van der Waals surface area (Å²) in [6.07, 6.45) is 5.23. The molecule has 1 heterocycles. The summed E-state index contributed by atoms with van der Waals surface area (Å²) in [5.74, 6) is 0.427. The minimum absolute atomic E-state index is 0.00829. The molecule has 0 bridgehead atoms. The van der Waals surface area contributed by atoms with Crippen LogP contribution in [-0.2, 0) is 14.3 Å². The lowest BCUT2D eigenvalue weighted by Crippen LogP contribution is -2.53. The summed E-state index contributed by atoms with van der Waals surface area (Å²) in [5.41, 5.74) is 4.43. The Hall–Kier alpha value is -3.79. The van der Waals surface area contributed by atoms with Gasteiger partial charge in [0.15, 0.2) is 0 Å². The van der Waals surface area contributed by atoms with Crippen LogP contribution in [0.4, 0.5) is 4.79 Å². The zero-order valence-corrected chi connectivity index (χ0v) is 19.1. The van der Waals surface area contributed by atoms with E-state index in [0.29, 0.717) is 13.0 Å². The molecule has 2 aromatic carbocycles. The predicted octanol–water partition coefficient (Wildman–Crippen LogP) is 3.49. The molecule has 1 aliphatic heterocycles. The molecule has 0 saturated carbocycles. The van der Waals surface area contributed by atoms with Crippen molar-refractivity contribution in [1.82, 2.24) is 10.2 Å². The van der Waals surface area contributed by atoms with Gasteiger partial charge in [0.2, 0.25) is 5.91 Å². The molecular formula is C27H28N2O5. The van der Waals surface area contributed by atoms with Gasteiger partial charge >= 0.3 is 12.1 Å². The number of hydrogen-bond acceptors (Lipinski definition) is 4. The minimum atomic E-state index is -0.972. The van der Waals surface area contributed by atoms with Crippen molar-refractivity contribution >= 4 is 18.0 Å². The van der Waals surface area contributed by atoms with Crippen molar-refractivity contribution in [2.45, 2.75) is 31.7 Å². The zero-order valence-electron chi connectivity index (χ0n) is 19.1. The van der Waals surface area contributed by atoms with E-state index < -0.39 is 24.0 Å². The largest absolute Gasteiger partial charge is 0.481 e. The molecule has 3 unspecified atom stereocenters. The van der Waals surface area contributed by atoms with Crippen LogP contribution in [0.25, 0.3) is 11.1 Å². The maximum atomic E-state index is 13.1. The van der Waals surface area contributed by atoms with Crippen LogP contribution in [0.3, 0.4) is 0 Å². The van der Waals surface area contributed by atoms with Gasteiger partial charge in [0, 0.05) is 25.4 Å². The first-order valence-corrected chi connectivity index (χ1v) is 11.5. The normalized spacial score (nSPS) is 19.9. The first-order valence-electron chi connectivity index (χ1n) is 11.5. The number of benzene rings is 2. The molecule has 0 spiro atoms. The number of ether oxygens (including phenoxy) is 1. The zero-order chi connectivity index (χ0) is 24.2. The third-order valence-electron chi connectivity index (χ3n) is 6.58. The number of nitrogens with zero attached hydrogens (tertiary/aromatic N) is 1. The van der Waals surface area contributed by atoms with E-state index in [4.69, 9.17) is 11.2 Å². The second kappa shape index (κ2) is 10.0. The van der Waals surface area contributed by atoms with E-state index in [-0.39, 0.29) is 37.3 Å². The molecule has 34 heavy (non-hydrogen) atoms. The van der Waals surface area contributed by atoms with E-state index in [1.165, 1.54) is 4.90 Å². The van der Waals surface area contributed by atoms with Crippen molar-refractivity contribution < 1.29 is 24.2 Å². The number of carbonyl (C=O) groups excluding carboxylic acids is 2. The average Bonchev–Trinajstić information content (AvgIpc) is 3.15. The molecule has 2 N–H and O–H groups in total. The highest BCUT2D eigenvalue weighted by atomic mass is 16.5. The number of hydrogen-bond donors (Lipinski definition) is 2. The molecule has 1 fully saturated rings. The van der Waals surface area contributed by atoms with Crippen LogP contribution in [-0.4, -0.2) is 53.7 Å². The number of carboxylic acid groups (broad SMARTS) is 1. The second-order valence-corrected chi connectivity index (χ2v) is 9.05. The molecule has 0 radical (unpaired) electrons. The van der Waals surface area contributed by atoms with Gasteiger partial charge in [-0.25, -0.2) is 4.79 Å². The quantitative estimate of drug-likeness (QED) is 0.644. The lowest BCUT2D eigenvalue weighted by molar-refractivity contribution is -0.147. The van der Waals surface area contributed by atoms with Crippen molar-refractivity contribution in [1.29, 1.82) is 0 Å². The van der Waals surface area contributed by atoms with E-state index in [2.05, 4.69) is 23.4 Å². The van der Waals surface area contributed by atoms with Crippen LogP contribution in [0, 0.1) is 24.2 Å². The average molecular weight is 461 g/mol. The number of aliphatic carboxylic acids is 1. The number of amides is 2. The number of rotatable bonds is 6. The summed E-state index contributed by atoms with van der Waals surface area (Å²) in [6, 6.07) is 15.1. The van der Waals surface area contributed by atoms with Gasteiger partial charge in [0.1, 0.15) is 12.6 Å². The summed E-state index contributed by atoms with van der Waals surface area (Å²) < 4.78 is 5.55. The maximum absolute atomic E-state index is 13.1. The highest BCUT2D eigenvalue weighted by molar-refractivity contribution is 5.87. The smallest absolute Gasteiger partial charge is 0.407 e. The van der Waals surface area contributed by atoms with Crippen LogP contribution in [0.5, 0.6) is 0 Å². The number of piperidine rings is 1. The molecular weight excluding hydrogens is 432 g/mol. The summed E-state index contributed by atoms with van der Waals surface area (Å²) in [6.45, 7) is 2.56. The van der Waals surface area contributed by atoms with Gasteiger partial charge in [0.25, 0.3) is 0 Å². The van der Waals surface area contributed by atoms with Crippen molar-refractivity contribution in [3.63, 3.8) is 0 Å². The number of fused-ring (bicyclic) bond motifs is 3. The summed E-state index contributed by atoms with van der Waals surface area (Å²) in [4.78, 5) is 38.7. The molecule has 2 amide bonds. The maximum Gasteiger partial charge on any atom is 0.407 e. The van der Waals surface area contributed by atoms with Crippen LogP contribution < -0.4 is 5.32 Å². The fourth-order valence-electron chi connectivity index (χ4n) is 5.03. The third-order valence-corrected chi connectivity index (χ3v) is 6.58.